The Balaban J connectivity index is 1.91. The maximum Gasteiger partial charge on any atom is 0.190 e. The van der Waals surface area contributed by atoms with Crippen molar-refractivity contribution in [2.45, 2.75) is 13.8 Å². The van der Waals surface area contributed by atoms with Crippen LogP contribution in [0.1, 0.15) is 22.3 Å². The molecule has 108 valence electrons. The molecule has 0 fully saturated rings. The smallest absolute Gasteiger partial charge is 0.190 e. The van der Waals surface area contributed by atoms with Crippen molar-refractivity contribution in [3.05, 3.63) is 28.8 Å². The second-order valence-electron chi connectivity index (χ2n) is 4.47. The predicted octanol–water partition coefficient (Wildman–Crippen LogP) is 4.02. The Morgan fingerprint density at radius 3 is 2.67 bits per heavy atom. The molecule has 3 aromatic rings. The Labute approximate surface area is 129 Å². The van der Waals surface area contributed by atoms with Gasteiger partial charge in [0.05, 0.1) is 27.9 Å². The van der Waals surface area contributed by atoms with Crippen molar-refractivity contribution in [2.24, 2.45) is 0 Å². The largest absolute Gasteiger partial charge is 0.497 e. The molecule has 3 rings (SSSR count). The van der Waals surface area contributed by atoms with E-state index < -0.39 is 0 Å². The van der Waals surface area contributed by atoms with Crippen LogP contribution in [0.25, 0.3) is 10.2 Å². The lowest BCUT2D eigenvalue weighted by Crippen LogP contribution is -1.89. The van der Waals surface area contributed by atoms with Gasteiger partial charge >= 0.3 is 0 Å². The van der Waals surface area contributed by atoms with Crippen molar-refractivity contribution in [2.75, 3.05) is 12.4 Å². The minimum atomic E-state index is 0.0343. The number of thiazole rings is 2. The van der Waals surface area contributed by atoms with E-state index in [2.05, 4.69) is 15.3 Å². The number of hydrogen-bond acceptors (Lipinski definition) is 7. The van der Waals surface area contributed by atoms with Gasteiger partial charge in [-0.1, -0.05) is 22.7 Å². The quantitative estimate of drug-likeness (QED) is 0.736. The first-order valence-corrected chi connectivity index (χ1v) is 7.90. The number of anilines is 2. The summed E-state index contributed by atoms with van der Waals surface area (Å²) in [7, 11) is 1.63. The van der Waals surface area contributed by atoms with E-state index in [9.17, 15) is 4.79 Å². The van der Waals surface area contributed by atoms with Crippen LogP contribution in [0.3, 0.4) is 0 Å². The summed E-state index contributed by atoms with van der Waals surface area (Å²) in [5.74, 6) is 0.815. The molecule has 0 radical (unpaired) electrons. The van der Waals surface area contributed by atoms with E-state index in [1.165, 1.54) is 22.7 Å². The normalized spacial score (nSPS) is 10.8. The molecule has 21 heavy (non-hydrogen) atoms. The van der Waals surface area contributed by atoms with Gasteiger partial charge < -0.3 is 10.1 Å². The van der Waals surface area contributed by atoms with Crippen molar-refractivity contribution in [3.63, 3.8) is 0 Å². The lowest BCUT2D eigenvalue weighted by Gasteiger charge is -1.96. The summed E-state index contributed by atoms with van der Waals surface area (Å²) < 4.78 is 6.26. The SMILES string of the molecule is COc1ccc2sc(Nc3nc(C)c(C(C)=O)s3)nc2c1. The van der Waals surface area contributed by atoms with Gasteiger partial charge in [-0.2, -0.15) is 0 Å². The topological polar surface area (TPSA) is 64.1 Å². The number of methoxy groups -OCH3 is 1. The van der Waals surface area contributed by atoms with Crippen LogP contribution in [-0.2, 0) is 0 Å². The number of ketones is 1. The van der Waals surface area contributed by atoms with Crippen LogP contribution in [0, 0.1) is 6.92 Å². The van der Waals surface area contributed by atoms with Crippen molar-refractivity contribution in [3.8, 4) is 5.75 Å². The number of hydrogen-bond donors (Lipinski definition) is 1. The summed E-state index contributed by atoms with van der Waals surface area (Å²) in [6.45, 7) is 3.38. The Bertz CT molecular complexity index is 823. The Kier molecular flexibility index (Phi) is 3.60. The van der Waals surface area contributed by atoms with E-state index in [1.807, 2.05) is 25.1 Å². The molecule has 2 heterocycles. The van der Waals surface area contributed by atoms with E-state index >= 15 is 0 Å². The van der Waals surface area contributed by atoms with Crippen LogP contribution in [0.2, 0.25) is 0 Å². The molecular formula is C14H13N3O2S2. The molecule has 1 N–H and O–H groups in total. The number of ether oxygens (including phenoxy) is 1. The van der Waals surface area contributed by atoms with Crippen LogP contribution < -0.4 is 10.1 Å². The maximum absolute atomic E-state index is 11.5. The molecule has 0 amide bonds. The molecule has 0 saturated carbocycles. The van der Waals surface area contributed by atoms with Gasteiger partial charge in [0.15, 0.2) is 16.0 Å². The first kappa shape index (κ1) is 14.0. The van der Waals surface area contributed by atoms with Gasteiger partial charge in [-0.15, -0.1) is 0 Å². The number of fused-ring (bicyclic) bond motifs is 1. The third-order valence-electron chi connectivity index (χ3n) is 2.92. The first-order valence-electron chi connectivity index (χ1n) is 6.27. The van der Waals surface area contributed by atoms with Crippen molar-refractivity contribution in [1.29, 1.82) is 0 Å². The highest BCUT2D eigenvalue weighted by atomic mass is 32.1. The van der Waals surface area contributed by atoms with Crippen LogP contribution in [-0.4, -0.2) is 22.9 Å². The number of nitrogens with one attached hydrogen (secondary N) is 1. The van der Waals surface area contributed by atoms with Gasteiger partial charge in [-0.25, -0.2) is 9.97 Å². The second kappa shape index (κ2) is 5.42. The fourth-order valence-electron chi connectivity index (χ4n) is 1.96. The van der Waals surface area contributed by atoms with Gasteiger partial charge in [0, 0.05) is 13.0 Å². The molecule has 0 aliphatic rings. The predicted molar refractivity (Wildman–Crippen MR) is 86.3 cm³/mol. The summed E-state index contributed by atoms with van der Waals surface area (Å²) >= 11 is 2.89. The Morgan fingerprint density at radius 1 is 1.24 bits per heavy atom. The molecule has 0 bridgehead atoms. The minimum absolute atomic E-state index is 0.0343. The molecular weight excluding hydrogens is 306 g/mol. The van der Waals surface area contributed by atoms with Gasteiger partial charge in [-0.05, 0) is 19.1 Å². The van der Waals surface area contributed by atoms with Gasteiger partial charge in [-0.3, -0.25) is 4.79 Å². The van der Waals surface area contributed by atoms with Gasteiger partial charge in [0.25, 0.3) is 0 Å². The maximum atomic E-state index is 11.5. The van der Waals surface area contributed by atoms with Gasteiger partial charge in [0.2, 0.25) is 0 Å². The molecule has 2 aromatic heterocycles. The number of carbonyl (C=O) groups is 1. The average molecular weight is 319 g/mol. The fraction of sp³-hybridized carbons (Fsp3) is 0.214. The lowest BCUT2D eigenvalue weighted by molar-refractivity contribution is 0.102. The first-order chi connectivity index (χ1) is 10.1. The number of carbonyl (C=O) groups excluding carboxylic acids is 1. The third-order valence-corrected chi connectivity index (χ3v) is 5.05. The summed E-state index contributed by atoms with van der Waals surface area (Å²) in [5, 5.41) is 4.60. The number of Topliss-reactive ketones (excluding diaryl/α,β-unsaturated/α-hetero) is 1. The monoisotopic (exact) mass is 319 g/mol. The number of rotatable bonds is 4. The van der Waals surface area contributed by atoms with Crippen LogP contribution >= 0.6 is 22.7 Å². The average Bonchev–Trinajstić information content (AvgIpc) is 3.00. The van der Waals surface area contributed by atoms with Crippen molar-refractivity contribution >= 4 is 48.9 Å². The molecule has 0 unspecified atom stereocenters. The van der Waals surface area contributed by atoms with E-state index in [-0.39, 0.29) is 5.78 Å². The number of benzene rings is 1. The summed E-state index contributed by atoms with van der Waals surface area (Å²) in [5.41, 5.74) is 1.62. The molecule has 5 nitrogen and oxygen atoms in total. The summed E-state index contributed by atoms with van der Waals surface area (Å²) in [4.78, 5) is 21.0. The minimum Gasteiger partial charge on any atom is -0.497 e. The highest BCUT2D eigenvalue weighted by Gasteiger charge is 2.13. The van der Waals surface area contributed by atoms with Gasteiger partial charge in [0.1, 0.15) is 5.75 Å². The fourth-order valence-corrected chi connectivity index (χ4v) is 3.73. The number of nitrogens with zero attached hydrogens (tertiary/aromatic N) is 2. The van der Waals surface area contributed by atoms with Crippen molar-refractivity contribution in [1.82, 2.24) is 9.97 Å². The number of aryl methyl sites for hydroxylation is 1. The van der Waals surface area contributed by atoms with E-state index in [0.717, 1.165) is 26.8 Å². The second-order valence-corrected chi connectivity index (χ2v) is 6.50. The molecule has 0 atom stereocenters. The lowest BCUT2D eigenvalue weighted by atomic mass is 10.3. The molecule has 7 heteroatoms. The summed E-state index contributed by atoms with van der Waals surface area (Å²) in [6.07, 6.45) is 0. The standard InChI is InChI=1S/C14H13N3O2S2/c1-7-12(8(2)18)21-13(15-7)17-14-16-10-6-9(19-3)4-5-11(10)20-14/h4-6H,1-3H3,(H,15,16,17). The Hall–Kier alpha value is -1.99. The molecule has 0 spiro atoms. The Morgan fingerprint density at radius 2 is 2.00 bits per heavy atom. The highest BCUT2D eigenvalue weighted by molar-refractivity contribution is 7.23. The molecule has 0 saturated heterocycles. The van der Waals surface area contributed by atoms with E-state index in [0.29, 0.717) is 10.0 Å². The van der Waals surface area contributed by atoms with E-state index in [1.54, 1.807) is 14.0 Å². The zero-order valence-corrected chi connectivity index (χ0v) is 13.4. The molecule has 0 aliphatic heterocycles. The summed E-state index contributed by atoms with van der Waals surface area (Å²) in [6, 6.07) is 5.78. The zero-order valence-electron chi connectivity index (χ0n) is 11.8. The van der Waals surface area contributed by atoms with E-state index in [4.69, 9.17) is 4.74 Å². The van der Waals surface area contributed by atoms with Crippen LogP contribution in [0.5, 0.6) is 5.75 Å². The van der Waals surface area contributed by atoms with Crippen LogP contribution in [0.4, 0.5) is 10.3 Å². The molecule has 1 aromatic carbocycles. The van der Waals surface area contributed by atoms with Crippen molar-refractivity contribution < 1.29 is 9.53 Å². The third kappa shape index (κ3) is 2.74. The number of aromatic nitrogens is 2. The van der Waals surface area contributed by atoms with Crippen LogP contribution in [0.15, 0.2) is 18.2 Å². The highest BCUT2D eigenvalue weighted by Crippen LogP contribution is 2.32. The zero-order chi connectivity index (χ0) is 15.0. The molecule has 0 aliphatic carbocycles.